The average molecular weight is 367 g/mol. The van der Waals surface area contributed by atoms with Gasteiger partial charge in [0.1, 0.15) is 0 Å². The summed E-state index contributed by atoms with van der Waals surface area (Å²) in [6.07, 6.45) is 6.07. The van der Waals surface area contributed by atoms with Gasteiger partial charge in [-0.15, -0.1) is 12.6 Å². The SMILES string of the molecule is C=C/C=C\C1=C(C)c2cccc(S)c2C1(c1ccccc1)c1ccccc1. The van der Waals surface area contributed by atoms with Crippen LogP contribution in [0.5, 0.6) is 0 Å². The minimum atomic E-state index is -0.389. The molecular formula is C26H22S. The maximum Gasteiger partial charge on any atom is 0.0721 e. The Balaban J connectivity index is 2.20. The van der Waals surface area contributed by atoms with Crippen molar-refractivity contribution >= 4 is 18.2 Å². The molecule has 132 valence electrons. The Hall–Kier alpha value is -2.77. The molecule has 0 aromatic heterocycles. The third kappa shape index (κ3) is 2.62. The molecule has 3 aromatic carbocycles. The van der Waals surface area contributed by atoms with Crippen LogP contribution in [0.3, 0.4) is 0 Å². The standard InChI is InChI=1S/C26H22S/c1-3-4-17-23-19(2)22-16-11-18-24(27)25(22)26(23,20-12-7-5-8-13-20)21-14-9-6-10-15-21/h3-18,27H,1H2,2H3/b17-4-. The Morgan fingerprint density at radius 3 is 1.96 bits per heavy atom. The van der Waals surface area contributed by atoms with E-state index >= 15 is 0 Å². The van der Waals surface area contributed by atoms with E-state index < -0.39 is 0 Å². The number of fused-ring (bicyclic) bond motifs is 1. The Labute approximate surface area is 167 Å². The van der Waals surface area contributed by atoms with Crippen LogP contribution in [0.2, 0.25) is 0 Å². The van der Waals surface area contributed by atoms with Crippen LogP contribution in [0.25, 0.3) is 5.57 Å². The molecule has 0 unspecified atom stereocenters. The van der Waals surface area contributed by atoms with Crippen LogP contribution in [-0.2, 0) is 5.41 Å². The van der Waals surface area contributed by atoms with Crippen LogP contribution < -0.4 is 0 Å². The molecule has 0 radical (unpaired) electrons. The summed E-state index contributed by atoms with van der Waals surface area (Å²) in [5.41, 5.74) is 7.19. The van der Waals surface area contributed by atoms with Gasteiger partial charge in [0, 0.05) is 4.90 Å². The van der Waals surface area contributed by atoms with Gasteiger partial charge in [0.15, 0.2) is 0 Å². The first-order chi connectivity index (χ1) is 13.2. The zero-order chi connectivity index (χ0) is 18.9. The van der Waals surface area contributed by atoms with E-state index in [1.54, 1.807) is 0 Å². The molecule has 3 aromatic rings. The minimum absolute atomic E-state index is 0.389. The topological polar surface area (TPSA) is 0 Å². The second-order valence-corrected chi connectivity index (χ2v) is 7.30. The molecule has 0 atom stereocenters. The maximum atomic E-state index is 4.90. The van der Waals surface area contributed by atoms with Gasteiger partial charge in [-0.3, -0.25) is 0 Å². The summed E-state index contributed by atoms with van der Waals surface area (Å²) in [7, 11) is 0. The van der Waals surface area contributed by atoms with Gasteiger partial charge in [0.2, 0.25) is 0 Å². The van der Waals surface area contributed by atoms with Crippen LogP contribution in [0, 0.1) is 0 Å². The zero-order valence-electron chi connectivity index (χ0n) is 15.4. The second kappa shape index (κ2) is 7.09. The van der Waals surface area contributed by atoms with Gasteiger partial charge in [-0.2, -0.15) is 0 Å². The van der Waals surface area contributed by atoms with E-state index in [0.717, 1.165) is 4.90 Å². The number of benzene rings is 3. The molecule has 0 heterocycles. The fraction of sp³-hybridized carbons (Fsp3) is 0.0769. The molecule has 0 N–H and O–H groups in total. The van der Waals surface area contributed by atoms with E-state index in [-0.39, 0.29) is 5.41 Å². The summed E-state index contributed by atoms with van der Waals surface area (Å²) in [6.45, 7) is 6.09. The third-order valence-corrected chi connectivity index (χ3v) is 5.81. The lowest BCUT2D eigenvalue weighted by Gasteiger charge is -2.35. The average Bonchev–Trinajstić information content (AvgIpc) is 2.98. The zero-order valence-corrected chi connectivity index (χ0v) is 16.3. The van der Waals surface area contributed by atoms with Gasteiger partial charge in [0.25, 0.3) is 0 Å². The lowest BCUT2D eigenvalue weighted by Crippen LogP contribution is -2.29. The number of rotatable bonds is 4. The predicted octanol–water partition coefficient (Wildman–Crippen LogP) is 6.84. The highest BCUT2D eigenvalue weighted by atomic mass is 32.1. The summed E-state index contributed by atoms with van der Waals surface area (Å²) >= 11 is 4.90. The number of hydrogen-bond donors (Lipinski definition) is 1. The summed E-state index contributed by atoms with van der Waals surface area (Å²) in [4.78, 5) is 1.02. The van der Waals surface area contributed by atoms with Crippen molar-refractivity contribution in [3.8, 4) is 0 Å². The fourth-order valence-corrected chi connectivity index (χ4v) is 4.74. The van der Waals surface area contributed by atoms with Crippen molar-refractivity contribution in [3.63, 3.8) is 0 Å². The quantitative estimate of drug-likeness (QED) is 0.379. The van der Waals surface area contributed by atoms with Crippen LogP contribution in [-0.4, -0.2) is 0 Å². The highest BCUT2D eigenvalue weighted by molar-refractivity contribution is 7.80. The van der Waals surface area contributed by atoms with Gasteiger partial charge < -0.3 is 0 Å². The van der Waals surface area contributed by atoms with Crippen LogP contribution in [0.15, 0.2) is 114 Å². The minimum Gasteiger partial charge on any atom is -0.143 e. The molecule has 0 aliphatic heterocycles. The molecule has 0 bridgehead atoms. The van der Waals surface area contributed by atoms with E-state index in [0.29, 0.717) is 0 Å². The smallest absolute Gasteiger partial charge is 0.0721 e. The molecule has 1 heteroatoms. The summed E-state index contributed by atoms with van der Waals surface area (Å²) < 4.78 is 0. The molecule has 1 aliphatic rings. The lowest BCUT2D eigenvalue weighted by atomic mass is 9.66. The Kier molecular flexibility index (Phi) is 4.63. The van der Waals surface area contributed by atoms with E-state index in [9.17, 15) is 0 Å². The summed E-state index contributed by atoms with van der Waals surface area (Å²) in [6, 6.07) is 27.9. The fourth-order valence-electron chi connectivity index (χ4n) is 4.36. The number of hydrogen-bond acceptors (Lipinski definition) is 1. The van der Waals surface area contributed by atoms with Crippen molar-refractivity contribution in [2.45, 2.75) is 17.2 Å². The highest BCUT2D eigenvalue weighted by Crippen LogP contribution is 2.56. The van der Waals surface area contributed by atoms with Gasteiger partial charge in [-0.05, 0) is 46.4 Å². The van der Waals surface area contributed by atoms with Gasteiger partial charge >= 0.3 is 0 Å². The maximum absolute atomic E-state index is 4.90. The van der Waals surface area contributed by atoms with E-state index in [2.05, 4.69) is 98.4 Å². The van der Waals surface area contributed by atoms with Crippen molar-refractivity contribution in [1.29, 1.82) is 0 Å². The van der Waals surface area contributed by atoms with Crippen molar-refractivity contribution in [2.75, 3.05) is 0 Å². The molecule has 1 aliphatic carbocycles. The van der Waals surface area contributed by atoms with Gasteiger partial charge in [-0.25, -0.2) is 0 Å². The van der Waals surface area contributed by atoms with E-state index in [4.69, 9.17) is 12.6 Å². The molecule has 4 rings (SSSR count). The first-order valence-electron chi connectivity index (χ1n) is 9.15. The molecule has 27 heavy (non-hydrogen) atoms. The Morgan fingerprint density at radius 1 is 0.815 bits per heavy atom. The second-order valence-electron chi connectivity index (χ2n) is 6.82. The molecule has 0 spiro atoms. The van der Waals surface area contributed by atoms with Crippen molar-refractivity contribution in [1.82, 2.24) is 0 Å². The summed E-state index contributed by atoms with van der Waals surface area (Å²) in [5.74, 6) is 0. The van der Waals surface area contributed by atoms with Crippen LogP contribution >= 0.6 is 12.6 Å². The van der Waals surface area contributed by atoms with Gasteiger partial charge in [-0.1, -0.05) is 97.6 Å². The Morgan fingerprint density at radius 2 is 1.41 bits per heavy atom. The van der Waals surface area contributed by atoms with Crippen molar-refractivity contribution < 1.29 is 0 Å². The molecule has 0 amide bonds. The van der Waals surface area contributed by atoms with E-state index in [1.807, 2.05) is 12.2 Å². The first-order valence-corrected chi connectivity index (χ1v) is 9.60. The number of allylic oxidation sites excluding steroid dienone is 5. The van der Waals surface area contributed by atoms with Crippen molar-refractivity contribution in [2.24, 2.45) is 0 Å². The van der Waals surface area contributed by atoms with Crippen LogP contribution in [0.4, 0.5) is 0 Å². The normalized spacial score (nSPS) is 15.2. The largest absolute Gasteiger partial charge is 0.143 e. The van der Waals surface area contributed by atoms with Crippen molar-refractivity contribution in [3.05, 3.63) is 131 Å². The molecule has 0 saturated carbocycles. The molecule has 0 saturated heterocycles. The van der Waals surface area contributed by atoms with Crippen LogP contribution in [0.1, 0.15) is 29.2 Å². The van der Waals surface area contributed by atoms with E-state index in [1.165, 1.54) is 33.4 Å². The lowest BCUT2D eigenvalue weighted by molar-refractivity contribution is 0.744. The number of thiol groups is 1. The Bertz CT molecular complexity index is 1000. The monoisotopic (exact) mass is 366 g/mol. The third-order valence-electron chi connectivity index (χ3n) is 5.44. The van der Waals surface area contributed by atoms with Gasteiger partial charge in [0.05, 0.1) is 5.41 Å². The first kappa shape index (κ1) is 17.6. The predicted molar refractivity (Wildman–Crippen MR) is 118 cm³/mol. The highest BCUT2D eigenvalue weighted by Gasteiger charge is 2.46. The molecular weight excluding hydrogens is 344 g/mol. The summed E-state index contributed by atoms with van der Waals surface area (Å²) in [5, 5.41) is 0. The molecule has 0 nitrogen and oxygen atoms in total. The molecule has 0 fully saturated rings.